The van der Waals surface area contributed by atoms with Crippen LogP contribution in [-0.4, -0.2) is 47.0 Å². The molecule has 0 bridgehead atoms. The smallest absolute Gasteiger partial charge is 0.411 e. The number of anilines is 1. The zero-order valence-electron chi connectivity index (χ0n) is 14.4. The van der Waals surface area contributed by atoms with E-state index in [-0.39, 0.29) is 29.8 Å². The molecule has 0 unspecified atom stereocenters. The molecule has 1 fully saturated rings. The molecule has 1 atom stereocenters. The average molecular weight is 372 g/mol. The molecular formula is C16H24N2O6S. The van der Waals surface area contributed by atoms with Crippen molar-refractivity contribution in [1.82, 2.24) is 4.72 Å². The van der Waals surface area contributed by atoms with E-state index < -0.39 is 16.1 Å². The summed E-state index contributed by atoms with van der Waals surface area (Å²) in [7, 11) is -3.73. The first kappa shape index (κ1) is 19.5. The van der Waals surface area contributed by atoms with Crippen molar-refractivity contribution in [3.8, 4) is 5.75 Å². The Morgan fingerprint density at radius 1 is 1.32 bits per heavy atom. The fourth-order valence-corrected chi connectivity index (χ4v) is 3.52. The molecule has 1 saturated heterocycles. The van der Waals surface area contributed by atoms with Crippen LogP contribution in [0, 0.1) is 0 Å². The van der Waals surface area contributed by atoms with Crippen LogP contribution in [-0.2, 0) is 19.5 Å². The lowest BCUT2D eigenvalue weighted by molar-refractivity contribution is 0.114. The van der Waals surface area contributed by atoms with E-state index in [4.69, 9.17) is 14.2 Å². The Morgan fingerprint density at radius 3 is 2.76 bits per heavy atom. The third-order valence-electron chi connectivity index (χ3n) is 3.60. The van der Waals surface area contributed by atoms with E-state index in [0.29, 0.717) is 19.0 Å². The molecule has 25 heavy (non-hydrogen) atoms. The van der Waals surface area contributed by atoms with E-state index in [9.17, 15) is 13.2 Å². The molecule has 2 rings (SSSR count). The standard InChI is InChI=1S/C16H24N2O6S/c1-3-22-15-8-7-13(10-14(15)18-16(19)23-4-2)25(20,21)17-11-12-6-5-9-24-12/h7-8,10,12,17H,3-6,9,11H2,1-2H3,(H,18,19)/t12-/m1/s1. The van der Waals surface area contributed by atoms with Gasteiger partial charge in [-0.2, -0.15) is 0 Å². The van der Waals surface area contributed by atoms with Gasteiger partial charge < -0.3 is 14.2 Å². The Balaban J connectivity index is 2.16. The van der Waals surface area contributed by atoms with E-state index >= 15 is 0 Å². The molecule has 2 N–H and O–H groups in total. The first-order valence-corrected chi connectivity index (χ1v) is 9.76. The molecule has 1 heterocycles. The van der Waals surface area contributed by atoms with E-state index in [2.05, 4.69) is 10.0 Å². The largest absolute Gasteiger partial charge is 0.492 e. The second kappa shape index (κ2) is 9.02. The van der Waals surface area contributed by atoms with Crippen molar-refractivity contribution in [2.24, 2.45) is 0 Å². The van der Waals surface area contributed by atoms with Gasteiger partial charge in [0.1, 0.15) is 5.75 Å². The molecule has 1 aliphatic rings. The predicted molar refractivity (Wildman–Crippen MR) is 92.4 cm³/mol. The van der Waals surface area contributed by atoms with Gasteiger partial charge >= 0.3 is 6.09 Å². The second-order valence-electron chi connectivity index (χ2n) is 5.42. The van der Waals surface area contributed by atoms with Crippen LogP contribution in [0.4, 0.5) is 10.5 Å². The molecular weight excluding hydrogens is 348 g/mol. The van der Waals surface area contributed by atoms with Crippen LogP contribution in [0.2, 0.25) is 0 Å². The van der Waals surface area contributed by atoms with Gasteiger partial charge in [0.25, 0.3) is 0 Å². The number of rotatable bonds is 8. The summed E-state index contributed by atoms with van der Waals surface area (Å²) in [5.74, 6) is 0.369. The van der Waals surface area contributed by atoms with E-state index in [0.717, 1.165) is 12.8 Å². The van der Waals surface area contributed by atoms with Gasteiger partial charge in [-0.1, -0.05) is 0 Å². The van der Waals surface area contributed by atoms with Crippen molar-refractivity contribution in [3.63, 3.8) is 0 Å². The van der Waals surface area contributed by atoms with Crippen LogP contribution < -0.4 is 14.8 Å². The third kappa shape index (κ3) is 5.58. The number of nitrogens with one attached hydrogen (secondary N) is 2. The summed E-state index contributed by atoms with van der Waals surface area (Å²) < 4.78 is 43.1. The van der Waals surface area contributed by atoms with E-state index in [1.165, 1.54) is 18.2 Å². The normalized spacial score (nSPS) is 17.3. The van der Waals surface area contributed by atoms with Crippen LogP contribution in [0.15, 0.2) is 23.1 Å². The highest BCUT2D eigenvalue weighted by molar-refractivity contribution is 7.89. The van der Waals surface area contributed by atoms with Crippen LogP contribution >= 0.6 is 0 Å². The van der Waals surface area contributed by atoms with Crippen molar-refractivity contribution < 1.29 is 27.4 Å². The average Bonchev–Trinajstić information content (AvgIpc) is 3.08. The molecule has 0 saturated carbocycles. The number of hydrogen-bond donors (Lipinski definition) is 2. The molecule has 1 aromatic carbocycles. The van der Waals surface area contributed by atoms with Gasteiger partial charge in [0.15, 0.2) is 0 Å². The number of carbonyl (C=O) groups is 1. The Morgan fingerprint density at radius 2 is 2.12 bits per heavy atom. The van der Waals surface area contributed by atoms with Crippen LogP contribution in [0.3, 0.4) is 0 Å². The van der Waals surface area contributed by atoms with Gasteiger partial charge in [0, 0.05) is 13.2 Å². The van der Waals surface area contributed by atoms with E-state index in [1.54, 1.807) is 13.8 Å². The van der Waals surface area contributed by atoms with Gasteiger partial charge in [-0.05, 0) is 44.9 Å². The third-order valence-corrected chi connectivity index (χ3v) is 5.02. The lowest BCUT2D eigenvalue weighted by Crippen LogP contribution is -2.31. The molecule has 0 radical (unpaired) electrons. The molecule has 1 aliphatic heterocycles. The highest BCUT2D eigenvalue weighted by atomic mass is 32.2. The molecule has 1 aromatic rings. The minimum Gasteiger partial charge on any atom is -0.492 e. The first-order valence-electron chi connectivity index (χ1n) is 8.28. The molecule has 140 valence electrons. The summed E-state index contributed by atoms with van der Waals surface area (Å²) >= 11 is 0. The summed E-state index contributed by atoms with van der Waals surface area (Å²) in [5, 5.41) is 2.50. The van der Waals surface area contributed by atoms with Crippen LogP contribution in [0.5, 0.6) is 5.75 Å². The lowest BCUT2D eigenvalue weighted by Gasteiger charge is -2.15. The molecule has 8 nitrogen and oxygen atoms in total. The molecule has 0 aliphatic carbocycles. The quantitative estimate of drug-likeness (QED) is 0.724. The van der Waals surface area contributed by atoms with Gasteiger partial charge in [-0.15, -0.1) is 0 Å². The minimum atomic E-state index is -3.73. The fourth-order valence-electron chi connectivity index (χ4n) is 2.42. The van der Waals surface area contributed by atoms with Gasteiger partial charge in [0.05, 0.1) is 29.9 Å². The number of carbonyl (C=O) groups excluding carboxylic acids is 1. The molecule has 0 aromatic heterocycles. The monoisotopic (exact) mass is 372 g/mol. The fraction of sp³-hybridized carbons (Fsp3) is 0.562. The van der Waals surface area contributed by atoms with Crippen molar-refractivity contribution in [2.75, 3.05) is 31.7 Å². The van der Waals surface area contributed by atoms with Crippen molar-refractivity contribution in [3.05, 3.63) is 18.2 Å². The maximum atomic E-state index is 12.5. The Hall–Kier alpha value is -1.84. The van der Waals surface area contributed by atoms with Crippen molar-refractivity contribution in [2.45, 2.75) is 37.7 Å². The van der Waals surface area contributed by atoms with E-state index in [1.807, 2.05) is 0 Å². The zero-order chi connectivity index (χ0) is 18.3. The molecule has 0 spiro atoms. The summed E-state index contributed by atoms with van der Waals surface area (Å²) in [5.41, 5.74) is 0.236. The maximum absolute atomic E-state index is 12.5. The summed E-state index contributed by atoms with van der Waals surface area (Å²) in [6.45, 7) is 4.93. The first-order chi connectivity index (χ1) is 12.0. The highest BCUT2D eigenvalue weighted by Gasteiger charge is 2.21. The SMILES string of the molecule is CCOC(=O)Nc1cc(S(=O)(=O)NC[C@H]2CCCO2)ccc1OCC. The predicted octanol–water partition coefficient (Wildman–Crippen LogP) is 2.11. The van der Waals surface area contributed by atoms with Gasteiger partial charge in [0.2, 0.25) is 10.0 Å². The summed E-state index contributed by atoms with van der Waals surface area (Å²) in [6.07, 6.45) is 0.991. The van der Waals surface area contributed by atoms with Crippen LogP contribution in [0.25, 0.3) is 0 Å². The number of amides is 1. The number of benzene rings is 1. The number of sulfonamides is 1. The second-order valence-corrected chi connectivity index (χ2v) is 7.19. The summed E-state index contributed by atoms with van der Waals surface area (Å²) in [4.78, 5) is 11.7. The Bertz CT molecular complexity index is 686. The number of ether oxygens (including phenoxy) is 3. The highest BCUT2D eigenvalue weighted by Crippen LogP contribution is 2.28. The minimum absolute atomic E-state index is 0.0285. The molecule has 1 amide bonds. The number of hydrogen-bond acceptors (Lipinski definition) is 6. The Kier molecular flexibility index (Phi) is 7.03. The van der Waals surface area contributed by atoms with Gasteiger partial charge in [-0.25, -0.2) is 17.9 Å². The zero-order valence-corrected chi connectivity index (χ0v) is 15.2. The maximum Gasteiger partial charge on any atom is 0.411 e. The molecule has 9 heteroatoms. The Labute approximate surface area is 147 Å². The lowest BCUT2D eigenvalue weighted by atomic mass is 10.2. The summed E-state index contributed by atoms with van der Waals surface area (Å²) in [6, 6.07) is 4.28. The van der Waals surface area contributed by atoms with Crippen molar-refractivity contribution >= 4 is 21.8 Å². The van der Waals surface area contributed by atoms with Crippen molar-refractivity contribution in [1.29, 1.82) is 0 Å². The van der Waals surface area contributed by atoms with Crippen LogP contribution in [0.1, 0.15) is 26.7 Å². The topological polar surface area (TPSA) is 103 Å². The van der Waals surface area contributed by atoms with Gasteiger partial charge in [-0.3, -0.25) is 5.32 Å².